The molecule has 0 spiro atoms. The van der Waals surface area contributed by atoms with Crippen molar-refractivity contribution < 1.29 is 9.84 Å². The molecule has 5 heteroatoms. The molecule has 0 bridgehead atoms. The van der Waals surface area contributed by atoms with Crippen LogP contribution in [0.15, 0.2) is 28.9 Å². The van der Waals surface area contributed by atoms with E-state index in [1.165, 1.54) is 5.56 Å². The minimum absolute atomic E-state index is 0.666. The van der Waals surface area contributed by atoms with Crippen LogP contribution in [0.3, 0.4) is 0 Å². The number of hydrogen-bond donors (Lipinski definition) is 1. The van der Waals surface area contributed by atoms with Gasteiger partial charge in [-0.25, -0.2) is 0 Å². The van der Waals surface area contributed by atoms with Crippen LogP contribution in [0, 0.1) is 0 Å². The zero-order valence-electron chi connectivity index (χ0n) is 11.6. The molecule has 0 aliphatic heterocycles. The van der Waals surface area contributed by atoms with Crippen molar-refractivity contribution in [1.82, 2.24) is 9.78 Å². The summed E-state index contributed by atoms with van der Waals surface area (Å²) >= 11 is 3.52. The molecule has 0 radical (unpaired) electrons. The van der Waals surface area contributed by atoms with Gasteiger partial charge in [-0.3, -0.25) is 4.68 Å². The average Bonchev–Trinajstić information content (AvgIpc) is 3.00. The average molecular weight is 337 g/mol. The van der Waals surface area contributed by atoms with E-state index >= 15 is 0 Å². The summed E-state index contributed by atoms with van der Waals surface area (Å²) in [6, 6.07) is 5.91. The van der Waals surface area contributed by atoms with E-state index in [4.69, 9.17) is 4.74 Å². The Labute approximate surface area is 126 Å². The van der Waals surface area contributed by atoms with Gasteiger partial charge in [0, 0.05) is 6.54 Å². The number of nitrogens with zero attached hydrogens (tertiary/aromatic N) is 2. The van der Waals surface area contributed by atoms with Gasteiger partial charge in [-0.2, -0.15) is 5.10 Å². The lowest BCUT2D eigenvalue weighted by Gasteiger charge is -2.26. The first kappa shape index (κ1) is 13.6. The number of aliphatic hydroxyl groups is 1. The third kappa shape index (κ3) is 1.88. The van der Waals surface area contributed by atoms with Gasteiger partial charge in [-0.15, -0.1) is 0 Å². The molecular formula is C15H17BrN2O2. The van der Waals surface area contributed by atoms with Crippen LogP contribution in [0.5, 0.6) is 5.75 Å². The Kier molecular flexibility index (Phi) is 3.34. The molecule has 1 aliphatic rings. The van der Waals surface area contributed by atoms with E-state index in [1.807, 2.05) is 29.8 Å². The molecule has 0 saturated carbocycles. The molecule has 2 aromatic rings. The Morgan fingerprint density at radius 3 is 3.00 bits per heavy atom. The van der Waals surface area contributed by atoms with Crippen molar-refractivity contribution in [3.8, 4) is 5.75 Å². The molecule has 1 aromatic heterocycles. The highest BCUT2D eigenvalue weighted by Crippen LogP contribution is 2.45. The molecule has 0 saturated heterocycles. The SMILES string of the molecule is CCn1ncc(Br)c1C1(O)CCc2ccc(OC)cc21. The first-order valence-corrected chi connectivity index (χ1v) is 7.51. The Bertz CT molecular complexity index is 653. The smallest absolute Gasteiger partial charge is 0.133 e. The van der Waals surface area contributed by atoms with Crippen LogP contribution in [0.25, 0.3) is 0 Å². The molecule has 1 N–H and O–H groups in total. The van der Waals surface area contributed by atoms with Crippen molar-refractivity contribution in [3.05, 3.63) is 45.7 Å². The number of methoxy groups -OCH3 is 1. The monoisotopic (exact) mass is 336 g/mol. The highest BCUT2D eigenvalue weighted by molar-refractivity contribution is 9.10. The van der Waals surface area contributed by atoms with Gasteiger partial charge < -0.3 is 9.84 Å². The van der Waals surface area contributed by atoms with E-state index < -0.39 is 5.60 Å². The van der Waals surface area contributed by atoms with E-state index in [0.29, 0.717) is 6.42 Å². The Hall–Kier alpha value is -1.33. The third-order valence-corrected chi connectivity index (χ3v) is 4.59. The highest BCUT2D eigenvalue weighted by atomic mass is 79.9. The Morgan fingerprint density at radius 1 is 1.50 bits per heavy atom. The zero-order chi connectivity index (χ0) is 14.3. The maximum atomic E-state index is 11.3. The second kappa shape index (κ2) is 4.90. The highest BCUT2D eigenvalue weighted by Gasteiger charge is 2.42. The van der Waals surface area contributed by atoms with E-state index in [1.54, 1.807) is 13.3 Å². The quantitative estimate of drug-likeness (QED) is 0.937. The van der Waals surface area contributed by atoms with Crippen LogP contribution >= 0.6 is 15.9 Å². The lowest BCUT2D eigenvalue weighted by atomic mass is 9.92. The normalized spacial score (nSPS) is 21.0. The number of benzene rings is 1. The summed E-state index contributed by atoms with van der Waals surface area (Å²) < 4.78 is 7.98. The van der Waals surface area contributed by atoms with Gasteiger partial charge in [0.15, 0.2) is 0 Å². The second-order valence-electron chi connectivity index (χ2n) is 5.04. The summed E-state index contributed by atoms with van der Waals surface area (Å²) in [5, 5.41) is 15.6. The van der Waals surface area contributed by atoms with E-state index in [-0.39, 0.29) is 0 Å². The van der Waals surface area contributed by atoms with Crippen molar-refractivity contribution in [2.45, 2.75) is 31.9 Å². The van der Waals surface area contributed by atoms with Crippen LogP contribution in [0.1, 0.15) is 30.2 Å². The maximum Gasteiger partial charge on any atom is 0.133 e. The van der Waals surface area contributed by atoms with Crippen molar-refractivity contribution in [2.24, 2.45) is 0 Å². The summed E-state index contributed by atoms with van der Waals surface area (Å²) in [6.45, 7) is 2.75. The van der Waals surface area contributed by atoms with Crippen molar-refractivity contribution in [3.63, 3.8) is 0 Å². The molecule has 1 unspecified atom stereocenters. The molecule has 1 aromatic carbocycles. The Morgan fingerprint density at radius 2 is 2.30 bits per heavy atom. The number of aromatic nitrogens is 2. The topological polar surface area (TPSA) is 47.3 Å². The Balaban J connectivity index is 2.18. The van der Waals surface area contributed by atoms with Crippen molar-refractivity contribution in [1.29, 1.82) is 0 Å². The molecule has 0 amide bonds. The van der Waals surface area contributed by atoms with Gasteiger partial charge >= 0.3 is 0 Å². The van der Waals surface area contributed by atoms with Gasteiger partial charge in [0.25, 0.3) is 0 Å². The fraction of sp³-hybridized carbons (Fsp3) is 0.400. The summed E-state index contributed by atoms with van der Waals surface area (Å²) in [4.78, 5) is 0. The predicted molar refractivity (Wildman–Crippen MR) is 79.9 cm³/mol. The summed E-state index contributed by atoms with van der Waals surface area (Å²) in [6.07, 6.45) is 3.27. The van der Waals surface area contributed by atoms with Crippen LogP contribution in [0.2, 0.25) is 0 Å². The van der Waals surface area contributed by atoms with E-state index in [0.717, 1.165) is 34.4 Å². The lowest BCUT2D eigenvalue weighted by molar-refractivity contribution is 0.0720. The van der Waals surface area contributed by atoms with Crippen molar-refractivity contribution >= 4 is 15.9 Å². The number of halogens is 1. The van der Waals surface area contributed by atoms with Crippen LogP contribution in [0.4, 0.5) is 0 Å². The molecule has 3 rings (SSSR count). The molecule has 1 heterocycles. The number of aryl methyl sites for hydroxylation is 2. The van der Waals surface area contributed by atoms with Gasteiger partial charge in [0.1, 0.15) is 11.4 Å². The molecule has 20 heavy (non-hydrogen) atoms. The summed E-state index contributed by atoms with van der Waals surface area (Å²) in [5.41, 5.74) is 1.92. The number of fused-ring (bicyclic) bond motifs is 1. The zero-order valence-corrected chi connectivity index (χ0v) is 13.1. The van der Waals surface area contributed by atoms with Crippen molar-refractivity contribution in [2.75, 3.05) is 7.11 Å². The minimum atomic E-state index is -1.00. The number of hydrogen-bond acceptors (Lipinski definition) is 3. The van der Waals surface area contributed by atoms with E-state index in [2.05, 4.69) is 21.0 Å². The molecule has 1 aliphatic carbocycles. The molecule has 106 valence electrons. The largest absolute Gasteiger partial charge is 0.497 e. The maximum absolute atomic E-state index is 11.3. The van der Waals surface area contributed by atoms with Gasteiger partial charge in [0.2, 0.25) is 0 Å². The minimum Gasteiger partial charge on any atom is -0.497 e. The molecule has 0 fully saturated rings. The fourth-order valence-corrected chi connectivity index (χ4v) is 3.62. The first-order valence-electron chi connectivity index (χ1n) is 6.71. The fourth-order valence-electron chi connectivity index (χ4n) is 3.00. The van der Waals surface area contributed by atoms with Crippen LogP contribution in [-0.4, -0.2) is 22.0 Å². The lowest BCUT2D eigenvalue weighted by Crippen LogP contribution is -2.28. The van der Waals surface area contributed by atoms with Gasteiger partial charge in [0.05, 0.1) is 23.5 Å². The molecular weight excluding hydrogens is 320 g/mol. The number of ether oxygens (including phenoxy) is 1. The van der Waals surface area contributed by atoms with Crippen LogP contribution < -0.4 is 4.74 Å². The first-order chi connectivity index (χ1) is 9.60. The summed E-state index contributed by atoms with van der Waals surface area (Å²) in [7, 11) is 1.64. The van der Waals surface area contributed by atoms with Gasteiger partial charge in [-0.1, -0.05) is 6.07 Å². The third-order valence-electron chi connectivity index (χ3n) is 4.00. The molecule has 4 nitrogen and oxygen atoms in total. The second-order valence-corrected chi connectivity index (χ2v) is 5.89. The summed E-state index contributed by atoms with van der Waals surface area (Å²) in [5.74, 6) is 0.766. The van der Waals surface area contributed by atoms with E-state index in [9.17, 15) is 5.11 Å². The molecule has 1 atom stereocenters. The van der Waals surface area contributed by atoms with Gasteiger partial charge in [-0.05, 0) is 59.0 Å². The number of rotatable bonds is 3. The predicted octanol–water partition coefficient (Wildman–Crippen LogP) is 2.86. The van der Waals surface area contributed by atoms with Crippen LogP contribution in [-0.2, 0) is 18.6 Å². The standard InChI is InChI=1S/C15H17BrN2O2/c1-3-18-14(13(16)9-17-18)15(19)7-6-10-4-5-11(20-2)8-12(10)15/h4-5,8-9,19H,3,6-7H2,1-2H3.